The van der Waals surface area contributed by atoms with Crippen molar-refractivity contribution in [2.45, 2.75) is 37.3 Å². The van der Waals surface area contributed by atoms with E-state index in [-0.39, 0.29) is 5.22 Å². The van der Waals surface area contributed by atoms with Crippen molar-refractivity contribution in [2.24, 2.45) is 0 Å². The molecule has 0 radical (unpaired) electrons. The van der Waals surface area contributed by atoms with Crippen LogP contribution in [0.15, 0.2) is 30.3 Å². The molecule has 0 spiro atoms. The van der Waals surface area contributed by atoms with Gasteiger partial charge in [-0.3, -0.25) is 0 Å². The topological polar surface area (TPSA) is 9.23 Å². The Balaban J connectivity index is 2.16. The second kappa shape index (κ2) is 4.50. The molecule has 82 valence electrons. The number of hydrogen-bond acceptors (Lipinski definition) is 1. The molecule has 1 aliphatic heterocycles. The van der Waals surface area contributed by atoms with E-state index in [2.05, 4.69) is 37.3 Å². The first kappa shape index (κ1) is 10.9. The Hall–Kier alpha value is -0.603. The third-order valence-corrected chi connectivity index (χ3v) is 5.37. The number of benzene rings is 1. The first-order valence-corrected chi connectivity index (χ1v) is 6.91. The van der Waals surface area contributed by atoms with Gasteiger partial charge >= 0.3 is 0 Å². The summed E-state index contributed by atoms with van der Waals surface area (Å²) in [4.78, 5) is 0. The van der Waals surface area contributed by atoms with Crippen LogP contribution in [0.4, 0.5) is 0 Å². The summed E-state index contributed by atoms with van der Waals surface area (Å²) >= 11 is 0. The molecule has 2 unspecified atom stereocenters. The van der Waals surface area contributed by atoms with Crippen molar-refractivity contribution in [3.63, 3.8) is 0 Å². The summed E-state index contributed by atoms with van der Waals surface area (Å²) in [6, 6.07) is 10.8. The molecule has 2 rings (SSSR count). The largest absolute Gasteiger partial charge is 0.379 e. The maximum absolute atomic E-state index is 6.04. The summed E-state index contributed by atoms with van der Waals surface area (Å²) in [5, 5.41) is 0.180. The number of hydrogen-bond donors (Lipinski definition) is 0. The van der Waals surface area contributed by atoms with Gasteiger partial charge in [-0.25, -0.2) is 0 Å². The van der Waals surface area contributed by atoms with Gasteiger partial charge in [-0.2, -0.15) is 0 Å². The smallest absolute Gasteiger partial charge is 0.0549 e. The zero-order chi connectivity index (χ0) is 10.7. The average Bonchev–Trinajstić information content (AvgIpc) is 2.30. The molecule has 0 saturated carbocycles. The molecule has 0 N–H and O–H groups in total. The summed E-state index contributed by atoms with van der Waals surface area (Å²) in [7, 11) is 1.13. The van der Waals surface area contributed by atoms with Crippen molar-refractivity contribution in [1.29, 1.82) is 0 Å². The molecule has 0 bridgehead atoms. The van der Waals surface area contributed by atoms with E-state index in [1.807, 2.05) is 0 Å². The molecule has 1 aliphatic rings. The standard InChI is InChI=1S/C13H20OSi/c1-11(12-7-3-2-4-8-12)13(15)9-5-6-10-14-13/h2-4,7-8,11H,5-6,9-10H2,1,15H3. The van der Waals surface area contributed by atoms with Crippen LogP contribution in [0.3, 0.4) is 0 Å². The number of ether oxygens (including phenoxy) is 1. The third kappa shape index (κ3) is 2.32. The van der Waals surface area contributed by atoms with Gasteiger partial charge in [-0.05, 0) is 24.8 Å². The van der Waals surface area contributed by atoms with E-state index in [1.54, 1.807) is 0 Å². The maximum Gasteiger partial charge on any atom is 0.0549 e. The lowest BCUT2D eigenvalue weighted by Crippen LogP contribution is -2.41. The van der Waals surface area contributed by atoms with E-state index in [4.69, 9.17) is 4.74 Å². The molecule has 0 aliphatic carbocycles. The van der Waals surface area contributed by atoms with Crippen molar-refractivity contribution in [2.75, 3.05) is 6.61 Å². The Morgan fingerprint density at radius 1 is 1.27 bits per heavy atom. The van der Waals surface area contributed by atoms with E-state index in [0.29, 0.717) is 5.92 Å². The summed E-state index contributed by atoms with van der Waals surface area (Å²) in [6.07, 6.45) is 3.82. The first-order chi connectivity index (χ1) is 7.22. The molecular weight excluding hydrogens is 200 g/mol. The molecule has 0 aromatic heterocycles. The molecule has 0 amide bonds. The van der Waals surface area contributed by atoms with Crippen molar-refractivity contribution < 1.29 is 4.74 Å². The van der Waals surface area contributed by atoms with Crippen molar-refractivity contribution in [3.8, 4) is 0 Å². The Morgan fingerprint density at radius 3 is 2.60 bits per heavy atom. The van der Waals surface area contributed by atoms with Crippen LogP contribution in [0.5, 0.6) is 0 Å². The molecule has 15 heavy (non-hydrogen) atoms. The highest BCUT2D eigenvalue weighted by molar-refractivity contribution is 6.15. The lowest BCUT2D eigenvalue weighted by molar-refractivity contribution is -0.0318. The van der Waals surface area contributed by atoms with Crippen molar-refractivity contribution >= 4 is 10.2 Å². The fourth-order valence-corrected chi connectivity index (χ4v) is 3.28. The van der Waals surface area contributed by atoms with Gasteiger partial charge in [0, 0.05) is 22.8 Å². The zero-order valence-corrected chi connectivity index (χ0v) is 11.7. The Morgan fingerprint density at radius 2 is 2.00 bits per heavy atom. The van der Waals surface area contributed by atoms with Gasteiger partial charge in [0.25, 0.3) is 0 Å². The Bertz CT molecular complexity index is 304. The fraction of sp³-hybridized carbons (Fsp3) is 0.538. The molecule has 2 atom stereocenters. The van der Waals surface area contributed by atoms with Gasteiger partial charge in [0.15, 0.2) is 0 Å². The van der Waals surface area contributed by atoms with E-state index in [0.717, 1.165) is 16.8 Å². The Kier molecular flexibility index (Phi) is 3.27. The summed E-state index contributed by atoms with van der Waals surface area (Å²) < 4.78 is 6.04. The van der Waals surface area contributed by atoms with Gasteiger partial charge in [0.2, 0.25) is 0 Å². The van der Waals surface area contributed by atoms with Crippen LogP contribution in [-0.4, -0.2) is 22.1 Å². The quantitative estimate of drug-likeness (QED) is 0.693. The van der Waals surface area contributed by atoms with Gasteiger partial charge in [-0.1, -0.05) is 37.3 Å². The molecule has 2 heteroatoms. The van der Waals surface area contributed by atoms with Gasteiger partial charge in [0.05, 0.1) is 5.22 Å². The van der Waals surface area contributed by atoms with Crippen LogP contribution in [0.25, 0.3) is 0 Å². The minimum absolute atomic E-state index is 0.180. The highest BCUT2D eigenvalue weighted by atomic mass is 28.1. The maximum atomic E-state index is 6.04. The van der Waals surface area contributed by atoms with Crippen LogP contribution >= 0.6 is 0 Å². The predicted octanol–water partition coefficient (Wildman–Crippen LogP) is 2.05. The number of rotatable bonds is 2. The third-order valence-electron chi connectivity index (χ3n) is 3.71. The van der Waals surface area contributed by atoms with E-state index in [9.17, 15) is 0 Å². The lowest BCUT2D eigenvalue weighted by Gasteiger charge is -2.39. The van der Waals surface area contributed by atoms with Crippen LogP contribution in [0, 0.1) is 0 Å². The summed E-state index contributed by atoms with van der Waals surface area (Å²) in [6.45, 7) is 3.27. The molecule has 1 nitrogen and oxygen atoms in total. The summed E-state index contributed by atoms with van der Waals surface area (Å²) in [5.74, 6) is 0.547. The minimum Gasteiger partial charge on any atom is -0.379 e. The van der Waals surface area contributed by atoms with Gasteiger partial charge in [0.1, 0.15) is 0 Å². The molecule has 1 aromatic carbocycles. The predicted molar refractivity (Wildman–Crippen MR) is 67.3 cm³/mol. The second-order valence-corrected chi connectivity index (χ2v) is 6.44. The monoisotopic (exact) mass is 220 g/mol. The highest BCUT2D eigenvalue weighted by Crippen LogP contribution is 2.35. The van der Waals surface area contributed by atoms with Crippen LogP contribution < -0.4 is 0 Å². The lowest BCUT2D eigenvalue weighted by atomic mass is 9.90. The first-order valence-electron chi connectivity index (χ1n) is 5.91. The summed E-state index contributed by atoms with van der Waals surface area (Å²) in [5.41, 5.74) is 1.43. The fourth-order valence-electron chi connectivity index (χ4n) is 2.39. The molecule has 1 heterocycles. The SMILES string of the molecule is CC(c1ccccc1)C1([SiH3])CCCCO1. The second-order valence-electron chi connectivity index (χ2n) is 4.75. The molecule has 1 aromatic rings. The van der Waals surface area contributed by atoms with Gasteiger partial charge < -0.3 is 4.74 Å². The average molecular weight is 220 g/mol. The highest BCUT2D eigenvalue weighted by Gasteiger charge is 2.34. The molecule has 1 fully saturated rings. The van der Waals surface area contributed by atoms with Crippen molar-refractivity contribution in [3.05, 3.63) is 35.9 Å². The normalized spacial score (nSPS) is 28.9. The van der Waals surface area contributed by atoms with Gasteiger partial charge in [-0.15, -0.1) is 0 Å². The van der Waals surface area contributed by atoms with Crippen LogP contribution in [0.1, 0.15) is 37.7 Å². The van der Waals surface area contributed by atoms with Crippen molar-refractivity contribution in [1.82, 2.24) is 0 Å². The van der Waals surface area contributed by atoms with Crippen LogP contribution in [-0.2, 0) is 4.74 Å². The molecular formula is C13H20OSi. The minimum atomic E-state index is 0.180. The van der Waals surface area contributed by atoms with E-state index in [1.165, 1.54) is 24.8 Å². The Labute approximate surface area is 95.3 Å². The van der Waals surface area contributed by atoms with Crippen LogP contribution in [0.2, 0.25) is 0 Å². The molecule has 1 saturated heterocycles. The zero-order valence-electron chi connectivity index (χ0n) is 9.70. The van der Waals surface area contributed by atoms with E-state index >= 15 is 0 Å². The van der Waals surface area contributed by atoms with E-state index < -0.39 is 0 Å².